The fourth-order valence-corrected chi connectivity index (χ4v) is 5.54. The summed E-state index contributed by atoms with van der Waals surface area (Å²) < 4.78 is 0. The zero-order valence-corrected chi connectivity index (χ0v) is 16.7. The number of fused-ring (bicyclic) bond motifs is 1. The maximum atomic E-state index is 13.6. The molecule has 28 heavy (non-hydrogen) atoms. The Bertz CT molecular complexity index is 972. The van der Waals surface area contributed by atoms with E-state index in [-0.39, 0.29) is 5.41 Å². The van der Waals surface area contributed by atoms with Crippen molar-refractivity contribution in [3.8, 4) is 0 Å². The Morgan fingerprint density at radius 2 is 1.71 bits per heavy atom. The molecule has 0 radical (unpaired) electrons. The van der Waals surface area contributed by atoms with E-state index in [1.165, 1.54) is 5.56 Å². The molecule has 1 aliphatic carbocycles. The van der Waals surface area contributed by atoms with Crippen molar-refractivity contribution in [3.63, 3.8) is 0 Å². The van der Waals surface area contributed by atoms with Gasteiger partial charge < -0.3 is 9.80 Å². The van der Waals surface area contributed by atoms with Gasteiger partial charge in [-0.15, -0.1) is 11.3 Å². The smallest absolute Gasteiger partial charge is 0.233 e. The summed E-state index contributed by atoms with van der Waals surface area (Å²) in [5.41, 5.74) is 0.870. The second-order valence-corrected chi connectivity index (χ2v) is 8.67. The number of amides is 1. The molecule has 1 saturated carbocycles. The second kappa shape index (κ2) is 7.17. The van der Waals surface area contributed by atoms with Crippen LogP contribution < -0.4 is 4.90 Å². The van der Waals surface area contributed by atoms with Gasteiger partial charge >= 0.3 is 0 Å². The van der Waals surface area contributed by atoms with Gasteiger partial charge in [0.1, 0.15) is 17.0 Å². The van der Waals surface area contributed by atoms with Gasteiger partial charge in [-0.05, 0) is 29.9 Å². The molecule has 3 aromatic rings. The van der Waals surface area contributed by atoms with Gasteiger partial charge in [0.2, 0.25) is 5.91 Å². The summed E-state index contributed by atoms with van der Waals surface area (Å²) in [6.45, 7) is 3.14. The highest BCUT2D eigenvalue weighted by Crippen LogP contribution is 2.42. The first-order valence-electron chi connectivity index (χ1n) is 10.1. The predicted octanol–water partition coefficient (Wildman–Crippen LogP) is 3.85. The summed E-state index contributed by atoms with van der Waals surface area (Å²) in [6, 6.07) is 12.5. The molecule has 0 atom stereocenters. The summed E-state index contributed by atoms with van der Waals surface area (Å²) in [6.07, 6.45) is 5.86. The van der Waals surface area contributed by atoms with E-state index in [1.54, 1.807) is 17.7 Å². The number of benzene rings is 1. The van der Waals surface area contributed by atoms with Gasteiger partial charge in [-0.2, -0.15) is 0 Å². The van der Waals surface area contributed by atoms with Crippen LogP contribution in [0.15, 0.2) is 48.1 Å². The van der Waals surface area contributed by atoms with E-state index in [1.807, 2.05) is 6.07 Å². The Morgan fingerprint density at radius 3 is 2.46 bits per heavy atom. The maximum absolute atomic E-state index is 13.6. The van der Waals surface area contributed by atoms with Gasteiger partial charge in [-0.1, -0.05) is 43.2 Å². The third-order valence-electron chi connectivity index (χ3n) is 6.30. The highest BCUT2D eigenvalue weighted by atomic mass is 32.1. The fourth-order valence-electron chi connectivity index (χ4n) is 4.81. The van der Waals surface area contributed by atoms with E-state index in [0.717, 1.165) is 67.9 Å². The number of nitrogens with zero attached hydrogens (tertiary/aromatic N) is 4. The summed E-state index contributed by atoms with van der Waals surface area (Å²) in [5, 5.41) is 3.18. The number of carbonyl (C=O) groups is 1. The first kappa shape index (κ1) is 17.6. The molecule has 5 rings (SSSR count). The van der Waals surface area contributed by atoms with Crippen LogP contribution in [0.3, 0.4) is 0 Å². The van der Waals surface area contributed by atoms with Crippen LogP contribution in [0.5, 0.6) is 0 Å². The number of anilines is 1. The Kier molecular flexibility index (Phi) is 4.51. The predicted molar refractivity (Wildman–Crippen MR) is 113 cm³/mol. The largest absolute Gasteiger partial charge is 0.352 e. The van der Waals surface area contributed by atoms with Gasteiger partial charge in [0, 0.05) is 26.2 Å². The van der Waals surface area contributed by atoms with Crippen LogP contribution in [0.25, 0.3) is 10.2 Å². The van der Waals surface area contributed by atoms with E-state index in [0.29, 0.717) is 5.91 Å². The van der Waals surface area contributed by atoms with E-state index < -0.39 is 0 Å². The zero-order valence-electron chi connectivity index (χ0n) is 15.9. The van der Waals surface area contributed by atoms with Crippen molar-refractivity contribution in [2.45, 2.75) is 31.1 Å². The maximum Gasteiger partial charge on any atom is 0.233 e. The van der Waals surface area contributed by atoms with E-state index >= 15 is 0 Å². The van der Waals surface area contributed by atoms with Gasteiger partial charge in [0.25, 0.3) is 0 Å². The molecule has 0 unspecified atom stereocenters. The summed E-state index contributed by atoms with van der Waals surface area (Å²) in [7, 11) is 0. The third-order valence-corrected chi connectivity index (χ3v) is 7.12. The van der Waals surface area contributed by atoms with Crippen molar-refractivity contribution in [1.29, 1.82) is 0 Å². The number of carbonyl (C=O) groups excluding carboxylic acids is 1. The molecule has 3 heterocycles. The first-order valence-corrected chi connectivity index (χ1v) is 10.9. The molecule has 2 fully saturated rings. The lowest BCUT2D eigenvalue weighted by Crippen LogP contribution is -2.54. The number of hydrogen-bond acceptors (Lipinski definition) is 5. The van der Waals surface area contributed by atoms with Gasteiger partial charge in [-0.25, -0.2) is 9.97 Å². The average Bonchev–Trinajstić information content (AvgIpc) is 3.44. The van der Waals surface area contributed by atoms with Crippen molar-refractivity contribution >= 4 is 33.3 Å². The molecule has 0 N–H and O–H groups in total. The lowest BCUT2D eigenvalue weighted by atomic mass is 9.77. The van der Waals surface area contributed by atoms with Crippen molar-refractivity contribution in [2.24, 2.45) is 0 Å². The molecular formula is C22H24N4OS. The van der Waals surface area contributed by atoms with Gasteiger partial charge in [-0.3, -0.25) is 4.79 Å². The SMILES string of the molecule is O=C(N1CCN(c2ncnc3sccc23)CC1)C1(c2ccccc2)CCCC1. The van der Waals surface area contributed by atoms with Crippen LogP contribution in [-0.4, -0.2) is 47.0 Å². The van der Waals surface area contributed by atoms with Crippen molar-refractivity contribution in [3.05, 3.63) is 53.7 Å². The van der Waals surface area contributed by atoms with E-state index in [9.17, 15) is 4.79 Å². The van der Waals surface area contributed by atoms with Crippen molar-refractivity contribution in [1.82, 2.24) is 14.9 Å². The highest BCUT2D eigenvalue weighted by Gasteiger charge is 2.45. The first-order chi connectivity index (χ1) is 13.8. The summed E-state index contributed by atoms with van der Waals surface area (Å²) >= 11 is 1.64. The Morgan fingerprint density at radius 1 is 0.964 bits per heavy atom. The third kappa shape index (κ3) is 2.87. The Labute approximate surface area is 169 Å². The molecule has 0 spiro atoms. The summed E-state index contributed by atoms with van der Waals surface area (Å²) in [4.78, 5) is 27.9. The Hall–Kier alpha value is -2.47. The number of thiophene rings is 1. The van der Waals surface area contributed by atoms with Gasteiger partial charge in [0.15, 0.2) is 0 Å². The molecule has 2 aromatic heterocycles. The summed E-state index contributed by atoms with van der Waals surface area (Å²) in [5.74, 6) is 1.32. The molecule has 1 saturated heterocycles. The normalized spacial score (nSPS) is 19.3. The van der Waals surface area contributed by atoms with Crippen LogP contribution >= 0.6 is 11.3 Å². The fraction of sp³-hybridized carbons (Fsp3) is 0.409. The molecule has 5 nitrogen and oxygen atoms in total. The lowest BCUT2D eigenvalue weighted by molar-refractivity contribution is -0.137. The zero-order chi connectivity index (χ0) is 19.0. The number of aromatic nitrogens is 2. The lowest BCUT2D eigenvalue weighted by Gasteiger charge is -2.40. The average molecular weight is 393 g/mol. The number of hydrogen-bond donors (Lipinski definition) is 0. The minimum absolute atomic E-state index is 0.319. The topological polar surface area (TPSA) is 49.3 Å². The van der Waals surface area contributed by atoms with E-state index in [2.05, 4.69) is 55.5 Å². The minimum atomic E-state index is -0.320. The monoisotopic (exact) mass is 392 g/mol. The Balaban J connectivity index is 1.35. The molecular weight excluding hydrogens is 368 g/mol. The van der Waals surface area contributed by atoms with Gasteiger partial charge in [0.05, 0.1) is 10.8 Å². The van der Waals surface area contributed by atoms with Crippen LogP contribution in [0.2, 0.25) is 0 Å². The molecule has 144 valence electrons. The molecule has 6 heteroatoms. The highest BCUT2D eigenvalue weighted by molar-refractivity contribution is 7.16. The second-order valence-electron chi connectivity index (χ2n) is 7.77. The minimum Gasteiger partial charge on any atom is -0.352 e. The van der Waals surface area contributed by atoms with Crippen LogP contribution in [0.4, 0.5) is 5.82 Å². The quantitative estimate of drug-likeness (QED) is 0.679. The molecule has 0 bridgehead atoms. The van der Waals surface area contributed by atoms with Crippen molar-refractivity contribution < 1.29 is 4.79 Å². The van der Waals surface area contributed by atoms with Crippen LogP contribution in [0.1, 0.15) is 31.2 Å². The number of piperazine rings is 1. The van der Waals surface area contributed by atoms with E-state index in [4.69, 9.17) is 0 Å². The van der Waals surface area contributed by atoms with Crippen LogP contribution in [0, 0.1) is 0 Å². The molecule has 2 aliphatic rings. The molecule has 1 aromatic carbocycles. The standard InChI is InChI=1S/C22H24N4OS/c27-21(22(9-4-5-10-22)17-6-2-1-3-7-17)26-13-11-25(12-14-26)19-18-8-15-28-20(18)24-16-23-19/h1-3,6-8,15-16H,4-5,9-14H2. The van der Waals surface area contributed by atoms with Crippen molar-refractivity contribution in [2.75, 3.05) is 31.1 Å². The molecule has 1 aliphatic heterocycles. The molecule has 1 amide bonds. The van der Waals surface area contributed by atoms with Crippen LogP contribution in [-0.2, 0) is 10.2 Å². The number of rotatable bonds is 3.